The van der Waals surface area contributed by atoms with Crippen molar-refractivity contribution in [2.75, 3.05) is 19.6 Å². The minimum atomic E-state index is 0.690. The number of rotatable bonds is 5. The Labute approximate surface area is 114 Å². The molecule has 2 rings (SSSR count). The Kier molecular flexibility index (Phi) is 5.50. The lowest BCUT2D eigenvalue weighted by molar-refractivity contribution is 0.148. The fourth-order valence-corrected chi connectivity index (χ4v) is 3.93. The Hall–Kier alpha value is -0.0800. The molecule has 18 heavy (non-hydrogen) atoms. The number of nitrogens with one attached hydrogen (secondary N) is 1. The molecule has 0 aromatic heterocycles. The summed E-state index contributed by atoms with van der Waals surface area (Å²) in [5.74, 6) is 1.81. The third-order valence-corrected chi connectivity index (χ3v) is 5.33. The van der Waals surface area contributed by atoms with Crippen LogP contribution in [-0.4, -0.2) is 36.6 Å². The zero-order chi connectivity index (χ0) is 13.0. The molecule has 2 fully saturated rings. The number of hydrogen-bond acceptors (Lipinski definition) is 2. The molecule has 2 heteroatoms. The molecule has 0 bridgehead atoms. The number of piperidine rings is 1. The minimum absolute atomic E-state index is 0.690. The molecule has 1 N–H and O–H groups in total. The molecule has 0 aromatic carbocycles. The Balaban J connectivity index is 1.77. The lowest BCUT2D eigenvalue weighted by Crippen LogP contribution is -2.48. The molecule has 106 valence electrons. The molecule has 2 aliphatic rings. The van der Waals surface area contributed by atoms with Crippen LogP contribution in [0.4, 0.5) is 0 Å². The molecule has 0 spiro atoms. The van der Waals surface area contributed by atoms with Gasteiger partial charge >= 0.3 is 0 Å². The summed E-state index contributed by atoms with van der Waals surface area (Å²) < 4.78 is 0. The van der Waals surface area contributed by atoms with Crippen LogP contribution in [0.25, 0.3) is 0 Å². The van der Waals surface area contributed by atoms with E-state index in [0.717, 1.165) is 17.9 Å². The van der Waals surface area contributed by atoms with Crippen LogP contribution < -0.4 is 5.32 Å². The van der Waals surface area contributed by atoms with E-state index in [0.29, 0.717) is 6.04 Å². The van der Waals surface area contributed by atoms with Crippen LogP contribution >= 0.6 is 0 Å². The first kappa shape index (κ1) is 14.3. The molecule has 1 heterocycles. The smallest absolute Gasteiger partial charge is 0.00818 e. The normalized spacial score (nSPS) is 30.5. The molecular weight excluding hydrogens is 220 g/mol. The van der Waals surface area contributed by atoms with E-state index in [9.17, 15) is 0 Å². The Morgan fingerprint density at radius 2 is 1.61 bits per heavy atom. The predicted molar refractivity (Wildman–Crippen MR) is 78.9 cm³/mol. The van der Waals surface area contributed by atoms with Crippen LogP contribution in [-0.2, 0) is 0 Å². The van der Waals surface area contributed by atoms with E-state index in [1.54, 1.807) is 0 Å². The second-order valence-corrected chi connectivity index (χ2v) is 6.58. The highest BCUT2D eigenvalue weighted by Gasteiger charge is 2.27. The summed E-state index contributed by atoms with van der Waals surface area (Å²) in [5, 5.41) is 3.91. The van der Waals surface area contributed by atoms with Crippen molar-refractivity contribution >= 4 is 0 Å². The number of hydrogen-bond donors (Lipinski definition) is 1. The van der Waals surface area contributed by atoms with Gasteiger partial charge in [0.25, 0.3) is 0 Å². The lowest BCUT2D eigenvalue weighted by atomic mass is 9.90. The van der Waals surface area contributed by atoms with Crippen molar-refractivity contribution in [3.63, 3.8) is 0 Å². The molecule has 1 aliphatic carbocycles. The molecule has 0 amide bonds. The number of likely N-dealkylation sites (tertiary alicyclic amines) is 1. The Morgan fingerprint density at radius 3 is 2.28 bits per heavy atom. The predicted octanol–water partition coefficient (Wildman–Crippen LogP) is 3.28. The van der Waals surface area contributed by atoms with E-state index in [1.807, 2.05) is 0 Å². The van der Waals surface area contributed by atoms with Crippen LogP contribution in [0.2, 0.25) is 0 Å². The van der Waals surface area contributed by atoms with Gasteiger partial charge in [0.2, 0.25) is 0 Å². The largest absolute Gasteiger partial charge is 0.311 e. The SMILES string of the molecule is CCN1CCCC(C(C)NC(C)C2CCCC2)C1. The molecule has 0 radical (unpaired) electrons. The zero-order valence-corrected chi connectivity index (χ0v) is 12.6. The van der Waals surface area contributed by atoms with Crippen molar-refractivity contribution in [3.8, 4) is 0 Å². The molecule has 2 nitrogen and oxygen atoms in total. The topological polar surface area (TPSA) is 15.3 Å². The summed E-state index contributed by atoms with van der Waals surface area (Å²) in [5.41, 5.74) is 0. The third-order valence-electron chi connectivity index (χ3n) is 5.33. The van der Waals surface area contributed by atoms with Crippen molar-refractivity contribution in [1.29, 1.82) is 0 Å². The maximum Gasteiger partial charge on any atom is 0.00818 e. The van der Waals surface area contributed by atoms with Gasteiger partial charge in [0.05, 0.1) is 0 Å². The summed E-state index contributed by atoms with van der Waals surface area (Å²) in [6, 6.07) is 1.41. The summed E-state index contributed by atoms with van der Waals surface area (Å²) in [7, 11) is 0. The standard InChI is InChI=1S/C16H32N2/c1-4-18-11-7-10-16(12-18)14(3)17-13(2)15-8-5-6-9-15/h13-17H,4-12H2,1-3H3. The summed E-state index contributed by atoms with van der Waals surface area (Å²) >= 11 is 0. The molecule has 1 saturated carbocycles. The van der Waals surface area contributed by atoms with Crippen molar-refractivity contribution in [3.05, 3.63) is 0 Å². The molecular formula is C16H32N2. The summed E-state index contributed by atoms with van der Waals surface area (Å²) in [6.45, 7) is 11.0. The highest BCUT2D eigenvalue weighted by atomic mass is 15.1. The van der Waals surface area contributed by atoms with Crippen molar-refractivity contribution < 1.29 is 0 Å². The van der Waals surface area contributed by atoms with E-state index < -0.39 is 0 Å². The van der Waals surface area contributed by atoms with E-state index in [1.165, 1.54) is 58.2 Å². The van der Waals surface area contributed by atoms with E-state index >= 15 is 0 Å². The summed E-state index contributed by atoms with van der Waals surface area (Å²) in [6.07, 6.45) is 8.62. The van der Waals surface area contributed by atoms with Gasteiger partial charge in [-0.15, -0.1) is 0 Å². The average molecular weight is 252 g/mol. The van der Waals surface area contributed by atoms with E-state index in [4.69, 9.17) is 0 Å². The van der Waals surface area contributed by atoms with Gasteiger partial charge in [-0.2, -0.15) is 0 Å². The van der Waals surface area contributed by atoms with Crippen molar-refractivity contribution in [2.45, 2.75) is 71.4 Å². The van der Waals surface area contributed by atoms with Gasteiger partial charge < -0.3 is 10.2 Å². The monoisotopic (exact) mass is 252 g/mol. The fraction of sp³-hybridized carbons (Fsp3) is 1.00. The van der Waals surface area contributed by atoms with E-state index in [-0.39, 0.29) is 0 Å². The van der Waals surface area contributed by atoms with Gasteiger partial charge in [-0.05, 0) is 64.5 Å². The Morgan fingerprint density at radius 1 is 1.00 bits per heavy atom. The maximum atomic E-state index is 3.91. The highest BCUT2D eigenvalue weighted by molar-refractivity contribution is 4.84. The first-order chi connectivity index (χ1) is 8.70. The van der Waals surface area contributed by atoms with Crippen molar-refractivity contribution in [1.82, 2.24) is 10.2 Å². The van der Waals surface area contributed by atoms with Gasteiger partial charge in [-0.3, -0.25) is 0 Å². The van der Waals surface area contributed by atoms with Crippen LogP contribution in [0.1, 0.15) is 59.3 Å². The van der Waals surface area contributed by atoms with Gasteiger partial charge in [0.1, 0.15) is 0 Å². The van der Waals surface area contributed by atoms with Gasteiger partial charge in [-0.25, -0.2) is 0 Å². The van der Waals surface area contributed by atoms with E-state index in [2.05, 4.69) is 31.0 Å². The third kappa shape index (κ3) is 3.71. The van der Waals surface area contributed by atoms with Gasteiger partial charge in [-0.1, -0.05) is 19.8 Å². The first-order valence-corrected chi connectivity index (χ1v) is 8.19. The maximum absolute atomic E-state index is 3.91. The van der Waals surface area contributed by atoms with Gasteiger partial charge in [0.15, 0.2) is 0 Å². The van der Waals surface area contributed by atoms with Crippen LogP contribution in [0.3, 0.4) is 0 Å². The minimum Gasteiger partial charge on any atom is -0.311 e. The zero-order valence-electron chi connectivity index (χ0n) is 12.6. The van der Waals surface area contributed by atoms with Gasteiger partial charge in [0, 0.05) is 18.6 Å². The van der Waals surface area contributed by atoms with Crippen LogP contribution in [0.5, 0.6) is 0 Å². The molecule has 0 aromatic rings. The Bertz CT molecular complexity index is 235. The lowest BCUT2D eigenvalue weighted by Gasteiger charge is -2.37. The number of nitrogens with zero attached hydrogens (tertiary/aromatic N) is 1. The van der Waals surface area contributed by atoms with Crippen molar-refractivity contribution in [2.24, 2.45) is 11.8 Å². The fourth-order valence-electron chi connectivity index (χ4n) is 3.93. The molecule has 1 saturated heterocycles. The molecule has 3 atom stereocenters. The second kappa shape index (κ2) is 6.91. The quantitative estimate of drug-likeness (QED) is 0.808. The highest BCUT2D eigenvalue weighted by Crippen LogP contribution is 2.28. The summed E-state index contributed by atoms with van der Waals surface area (Å²) in [4.78, 5) is 2.62. The average Bonchev–Trinajstić information content (AvgIpc) is 2.92. The second-order valence-electron chi connectivity index (χ2n) is 6.58. The molecule has 1 aliphatic heterocycles. The van der Waals surface area contributed by atoms with Crippen LogP contribution in [0, 0.1) is 11.8 Å². The first-order valence-electron chi connectivity index (χ1n) is 8.19. The van der Waals surface area contributed by atoms with Crippen LogP contribution in [0.15, 0.2) is 0 Å². The molecule has 3 unspecified atom stereocenters.